The molecule has 0 unspecified atom stereocenters. The Labute approximate surface area is 289 Å². The number of benzene rings is 2. The van der Waals surface area contributed by atoms with Crippen LogP contribution in [0.4, 0.5) is 0 Å². The first-order valence-electron chi connectivity index (χ1n) is 16.4. The van der Waals surface area contributed by atoms with Gasteiger partial charge in [0, 0.05) is 38.1 Å². The highest BCUT2D eigenvalue weighted by atomic mass is 16.7. The number of aldehydes is 1. The number of amides is 1. The third-order valence-corrected chi connectivity index (χ3v) is 8.25. The molecule has 49 heavy (non-hydrogen) atoms. The zero-order valence-electron chi connectivity index (χ0n) is 29.9. The lowest BCUT2D eigenvalue weighted by Crippen LogP contribution is -2.53. The van der Waals surface area contributed by atoms with E-state index < -0.39 is 29.8 Å². The quantitative estimate of drug-likeness (QED) is 0.0896. The van der Waals surface area contributed by atoms with Crippen molar-refractivity contribution >= 4 is 18.2 Å². The first-order valence-corrected chi connectivity index (χ1v) is 16.4. The van der Waals surface area contributed by atoms with E-state index in [0.29, 0.717) is 19.3 Å². The van der Waals surface area contributed by atoms with Crippen molar-refractivity contribution in [2.75, 3.05) is 34.2 Å². The minimum Gasteiger partial charge on any atom is -0.496 e. The number of rotatable bonds is 20. The van der Waals surface area contributed by atoms with Gasteiger partial charge >= 0.3 is 5.97 Å². The first-order chi connectivity index (χ1) is 23.4. The van der Waals surface area contributed by atoms with Crippen molar-refractivity contribution in [1.29, 1.82) is 0 Å². The van der Waals surface area contributed by atoms with Gasteiger partial charge in [0.05, 0.1) is 32.5 Å². The van der Waals surface area contributed by atoms with E-state index in [4.69, 9.17) is 28.4 Å². The average molecular weight is 679 g/mol. The number of nitrogens with zero attached hydrogens (tertiary/aromatic N) is 1. The molecule has 266 valence electrons. The molecule has 0 bridgehead atoms. The highest BCUT2D eigenvalue weighted by Gasteiger charge is 2.37. The molecule has 11 nitrogen and oxygen atoms in total. The van der Waals surface area contributed by atoms with Crippen LogP contribution in [0, 0.1) is 5.92 Å². The molecule has 1 aromatic heterocycles. The zero-order chi connectivity index (χ0) is 36.0. The van der Waals surface area contributed by atoms with E-state index in [0.717, 1.165) is 29.7 Å². The van der Waals surface area contributed by atoms with Crippen LogP contribution in [0.15, 0.2) is 60.8 Å². The number of esters is 1. The molecule has 0 aliphatic carbocycles. The minimum absolute atomic E-state index is 0.0349. The van der Waals surface area contributed by atoms with Gasteiger partial charge in [0.25, 0.3) is 5.91 Å². The van der Waals surface area contributed by atoms with Crippen molar-refractivity contribution < 1.29 is 42.8 Å². The molecule has 0 aliphatic heterocycles. The lowest BCUT2D eigenvalue weighted by Gasteiger charge is -2.39. The lowest BCUT2D eigenvalue weighted by atomic mass is 9.81. The second-order valence-electron chi connectivity index (χ2n) is 12.7. The van der Waals surface area contributed by atoms with Crippen LogP contribution in [-0.2, 0) is 36.6 Å². The Morgan fingerprint density at radius 2 is 1.69 bits per heavy atom. The van der Waals surface area contributed by atoms with E-state index in [-0.39, 0.29) is 35.8 Å². The third kappa shape index (κ3) is 11.3. The summed E-state index contributed by atoms with van der Waals surface area (Å²) in [5, 5.41) is 2.73. The van der Waals surface area contributed by atoms with Crippen molar-refractivity contribution in [3.05, 3.63) is 83.2 Å². The fourth-order valence-electron chi connectivity index (χ4n) is 5.52. The number of pyridine rings is 1. The normalized spacial score (nSPS) is 13.8. The average Bonchev–Trinajstić information content (AvgIpc) is 3.09. The Bertz CT molecular complexity index is 1530. The summed E-state index contributed by atoms with van der Waals surface area (Å²) >= 11 is 0. The molecule has 0 saturated heterocycles. The van der Waals surface area contributed by atoms with E-state index in [9.17, 15) is 14.4 Å². The second-order valence-corrected chi connectivity index (χ2v) is 12.7. The maximum absolute atomic E-state index is 13.5. The van der Waals surface area contributed by atoms with Crippen molar-refractivity contribution in [2.45, 2.75) is 78.0 Å². The Hall–Kier alpha value is -4.48. The molecule has 0 saturated carbocycles. The monoisotopic (exact) mass is 678 g/mol. The van der Waals surface area contributed by atoms with Gasteiger partial charge in [-0.1, -0.05) is 49.4 Å². The molecule has 1 N–H and O–H groups in total. The summed E-state index contributed by atoms with van der Waals surface area (Å²) < 4.78 is 34.1. The topological polar surface area (TPSA) is 132 Å². The summed E-state index contributed by atoms with van der Waals surface area (Å²) in [7, 11) is 3.08. The van der Waals surface area contributed by atoms with Crippen LogP contribution in [-0.4, -0.2) is 74.6 Å². The maximum atomic E-state index is 13.5. The number of hydrogen-bond donors (Lipinski definition) is 1. The molecule has 2 aromatic carbocycles. The fraction of sp³-hybridized carbons (Fsp3) is 0.474. The molecule has 0 fully saturated rings. The van der Waals surface area contributed by atoms with Gasteiger partial charge < -0.3 is 38.5 Å². The molecule has 3 atom stereocenters. The highest BCUT2D eigenvalue weighted by Crippen LogP contribution is 2.33. The smallest absolute Gasteiger partial charge is 0.305 e. The van der Waals surface area contributed by atoms with Crippen molar-refractivity contribution in [2.24, 2.45) is 5.92 Å². The van der Waals surface area contributed by atoms with Gasteiger partial charge in [0.1, 0.15) is 17.6 Å². The molecule has 0 radical (unpaired) electrons. The minimum atomic E-state index is -1.43. The summed E-state index contributed by atoms with van der Waals surface area (Å²) in [5.74, 6) is -0.410. The van der Waals surface area contributed by atoms with Gasteiger partial charge in [-0.3, -0.25) is 9.59 Å². The van der Waals surface area contributed by atoms with E-state index >= 15 is 0 Å². The molecule has 3 aromatic rings. The Morgan fingerprint density at radius 3 is 2.33 bits per heavy atom. The SMILES string of the molecule is CCCOC(C)(C)[C@@H](Cc1ccc(OC)c(Cc2ccccc2)c1)[C@H](C)OC[C@@](C)(C=O)NC(=O)c1nccc(OC)c1OCOC(C)=O. The van der Waals surface area contributed by atoms with Gasteiger partial charge in [-0.05, 0) is 63.3 Å². The van der Waals surface area contributed by atoms with E-state index in [1.54, 1.807) is 14.0 Å². The molecule has 3 rings (SSSR count). The number of carbonyl (C=O) groups excluding carboxylic acids is 3. The molecule has 11 heteroatoms. The number of ether oxygens (including phenoxy) is 6. The zero-order valence-corrected chi connectivity index (χ0v) is 29.9. The maximum Gasteiger partial charge on any atom is 0.305 e. The van der Waals surface area contributed by atoms with Crippen molar-refractivity contribution in [3.63, 3.8) is 0 Å². The van der Waals surface area contributed by atoms with Crippen LogP contribution in [0.5, 0.6) is 17.2 Å². The molecule has 0 spiro atoms. The van der Waals surface area contributed by atoms with Crippen molar-refractivity contribution in [1.82, 2.24) is 10.3 Å². The van der Waals surface area contributed by atoms with Crippen LogP contribution < -0.4 is 19.5 Å². The molecule has 0 aliphatic rings. The summed E-state index contributed by atoms with van der Waals surface area (Å²) in [6.45, 7) is 10.9. The van der Waals surface area contributed by atoms with Crippen LogP contribution >= 0.6 is 0 Å². The molecule has 1 amide bonds. The van der Waals surface area contributed by atoms with E-state index in [1.165, 1.54) is 31.9 Å². The van der Waals surface area contributed by atoms with E-state index in [2.05, 4.69) is 41.5 Å². The van der Waals surface area contributed by atoms with Gasteiger partial charge in [-0.25, -0.2) is 4.98 Å². The summed E-state index contributed by atoms with van der Waals surface area (Å²) in [5.41, 5.74) is 1.19. The standard InChI is InChI=1S/C38H50N2O9/c1-9-19-49-37(4,5)31(22-29-15-16-32(44-7)30(21-29)20-28-13-11-10-12-14-28)26(2)46-24-38(6,23-41)40-36(43)34-35(48-25-47-27(3)42)33(45-8)17-18-39-34/h10-18,21,23,26,31H,9,19-20,22,24-25H2,1-8H3,(H,40,43)/t26-,31-,38+/m0/s1. The second kappa shape index (κ2) is 18.3. The van der Waals surface area contributed by atoms with Crippen LogP contribution in [0.1, 0.15) is 75.1 Å². The predicted molar refractivity (Wildman–Crippen MR) is 185 cm³/mol. The number of hydrogen-bond acceptors (Lipinski definition) is 10. The number of methoxy groups -OCH3 is 2. The molecular formula is C38H50N2O9. The highest BCUT2D eigenvalue weighted by molar-refractivity contribution is 5.97. The van der Waals surface area contributed by atoms with Crippen LogP contribution in [0.25, 0.3) is 0 Å². The van der Waals surface area contributed by atoms with Crippen LogP contribution in [0.2, 0.25) is 0 Å². The van der Waals surface area contributed by atoms with Gasteiger partial charge in [0.2, 0.25) is 6.79 Å². The van der Waals surface area contributed by atoms with Gasteiger partial charge in [-0.15, -0.1) is 0 Å². The summed E-state index contributed by atoms with van der Waals surface area (Å²) in [6, 6.07) is 17.9. The van der Waals surface area contributed by atoms with Gasteiger partial charge in [0.15, 0.2) is 17.2 Å². The summed E-state index contributed by atoms with van der Waals surface area (Å²) in [4.78, 5) is 41.3. The largest absolute Gasteiger partial charge is 0.496 e. The fourth-order valence-corrected chi connectivity index (χ4v) is 5.52. The van der Waals surface area contributed by atoms with Crippen molar-refractivity contribution in [3.8, 4) is 17.2 Å². The predicted octanol–water partition coefficient (Wildman–Crippen LogP) is 5.75. The Balaban J connectivity index is 1.82. The number of nitrogens with one attached hydrogen (secondary N) is 1. The van der Waals surface area contributed by atoms with E-state index in [1.807, 2.05) is 45.0 Å². The molecule has 1 heterocycles. The van der Waals surface area contributed by atoms with Crippen LogP contribution in [0.3, 0.4) is 0 Å². The first kappa shape index (κ1) is 39.0. The number of aromatic nitrogens is 1. The van der Waals surface area contributed by atoms with Gasteiger partial charge in [-0.2, -0.15) is 0 Å². The number of carbonyl (C=O) groups is 3. The Morgan fingerprint density at radius 1 is 0.980 bits per heavy atom. The summed E-state index contributed by atoms with van der Waals surface area (Å²) in [6.07, 6.45) is 3.82. The molecular weight excluding hydrogens is 628 g/mol. The third-order valence-electron chi connectivity index (χ3n) is 8.25. The lowest BCUT2D eigenvalue weighted by molar-refractivity contribution is -0.147. The Kier molecular flexibility index (Phi) is 14.6.